The van der Waals surface area contributed by atoms with Crippen LogP contribution in [0, 0.1) is 24.4 Å². The monoisotopic (exact) mass is 354 g/mol. The second-order valence-corrected chi connectivity index (χ2v) is 5.11. The molecule has 2 N–H and O–H groups in total. The zero-order valence-corrected chi connectivity index (χ0v) is 13.7. The van der Waals surface area contributed by atoms with E-state index in [0.29, 0.717) is 11.5 Å². The molecule has 0 unspecified atom stereocenters. The Labute approximate surface area is 142 Å². The number of halogens is 3. The third kappa shape index (κ3) is 4.79. The summed E-state index contributed by atoms with van der Waals surface area (Å²) in [6.07, 6.45) is 0. The van der Waals surface area contributed by atoms with Crippen LogP contribution >= 0.6 is 0 Å². The van der Waals surface area contributed by atoms with E-state index in [1.165, 1.54) is 7.11 Å². The molecular weight excluding hydrogens is 337 g/mol. The van der Waals surface area contributed by atoms with E-state index in [4.69, 9.17) is 9.47 Å². The molecule has 0 aliphatic rings. The molecule has 5 nitrogen and oxygen atoms in total. The molecule has 0 aromatic heterocycles. The molecule has 0 saturated heterocycles. The van der Waals surface area contributed by atoms with Crippen LogP contribution in [0.5, 0.6) is 11.5 Å². The van der Waals surface area contributed by atoms with Gasteiger partial charge in [-0.25, -0.2) is 18.0 Å². The van der Waals surface area contributed by atoms with Crippen LogP contribution < -0.4 is 20.1 Å². The number of carbonyl (C=O) groups is 1. The molecule has 0 radical (unpaired) electrons. The lowest BCUT2D eigenvalue weighted by Gasteiger charge is -2.12. The van der Waals surface area contributed by atoms with Crippen molar-refractivity contribution < 1.29 is 27.4 Å². The molecule has 8 heteroatoms. The first-order valence-electron chi connectivity index (χ1n) is 7.38. The van der Waals surface area contributed by atoms with E-state index in [1.807, 2.05) is 13.0 Å². The van der Waals surface area contributed by atoms with Crippen LogP contribution in [0.4, 0.5) is 23.7 Å². The first-order chi connectivity index (χ1) is 11.9. The Bertz CT molecular complexity index is 769. The second-order valence-electron chi connectivity index (χ2n) is 5.11. The normalized spacial score (nSPS) is 10.3. The Balaban J connectivity index is 1.82. The van der Waals surface area contributed by atoms with Crippen LogP contribution in [0.25, 0.3) is 0 Å². The Hall–Kier alpha value is -2.90. The minimum atomic E-state index is -1.65. The van der Waals surface area contributed by atoms with Gasteiger partial charge in [0.25, 0.3) is 0 Å². The first kappa shape index (κ1) is 18.4. The lowest BCUT2D eigenvalue weighted by Crippen LogP contribution is -2.32. The van der Waals surface area contributed by atoms with E-state index in [0.717, 1.165) is 17.7 Å². The number of urea groups is 1. The Morgan fingerprint density at radius 3 is 2.56 bits per heavy atom. The minimum absolute atomic E-state index is 0.105. The van der Waals surface area contributed by atoms with Gasteiger partial charge in [-0.05, 0) is 36.8 Å². The summed E-state index contributed by atoms with van der Waals surface area (Å²) in [5.41, 5.74) is 0.549. The van der Waals surface area contributed by atoms with Gasteiger partial charge in [0, 0.05) is 0 Å². The number of amides is 2. The number of nitrogens with one attached hydrogen (secondary N) is 2. The van der Waals surface area contributed by atoms with Crippen molar-refractivity contribution in [2.75, 3.05) is 25.6 Å². The van der Waals surface area contributed by atoms with Gasteiger partial charge in [0.1, 0.15) is 6.61 Å². The summed E-state index contributed by atoms with van der Waals surface area (Å²) in [5.74, 6) is -3.36. The molecule has 134 valence electrons. The SMILES string of the molecule is COc1cc(C)ccc1OCCNC(=O)Nc1ccc(F)c(F)c1F. The van der Waals surface area contributed by atoms with Gasteiger partial charge in [-0.1, -0.05) is 6.07 Å². The van der Waals surface area contributed by atoms with E-state index in [9.17, 15) is 18.0 Å². The molecule has 0 bridgehead atoms. The largest absolute Gasteiger partial charge is 0.493 e. The highest BCUT2D eigenvalue weighted by molar-refractivity contribution is 5.89. The van der Waals surface area contributed by atoms with Crippen LogP contribution in [-0.4, -0.2) is 26.3 Å². The summed E-state index contributed by atoms with van der Waals surface area (Å²) in [6.45, 7) is 2.15. The molecule has 2 aromatic carbocycles. The van der Waals surface area contributed by atoms with Crippen LogP contribution in [0.3, 0.4) is 0 Å². The molecular formula is C17H17F3N2O3. The lowest BCUT2D eigenvalue weighted by molar-refractivity contribution is 0.246. The quantitative estimate of drug-likeness (QED) is 0.615. The number of aryl methyl sites for hydroxylation is 1. The molecule has 2 rings (SSSR count). The van der Waals surface area contributed by atoms with Gasteiger partial charge < -0.3 is 20.1 Å². The molecule has 0 aliphatic carbocycles. The molecule has 2 amide bonds. The molecule has 0 spiro atoms. The maximum atomic E-state index is 13.5. The number of ether oxygens (including phenoxy) is 2. The van der Waals surface area contributed by atoms with Crippen molar-refractivity contribution in [1.29, 1.82) is 0 Å². The molecule has 0 atom stereocenters. The molecule has 2 aromatic rings. The summed E-state index contributed by atoms with van der Waals surface area (Å²) >= 11 is 0. The number of methoxy groups -OCH3 is 1. The first-order valence-corrected chi connectivity index (χ1v) is 7.38. The van der Waals surface area contributed by atoms with Crippen molar-refractivity contribution in [3.63, 3.8) is 0 Å². The van der Waals surface area contributed by atoms with Gasteiger partial charge in [-0.2, -0.15) is 0 Å². The van der Waals surface area contributed by atoms with Crippen LogP contribution in [-0.2, 0) is 0 Å². The van der Waals surface area contributed by atoms with Gasteiger partial charge in [0.05, 0.1) is 19.3 Å². The van der Waals surface area contributed by atoms with E-state index in [-0.39, 0.29) is 13.2 Å². The van der Waals surface area contributed by atoms with Gasteiger partial charge in [-0.15, -0.1) is 0 Å². The van der Waals surface area contributed by atoms with Crippen molar-refractivity contribution >= 4 is 11.7 Å². The van der Waals surface area contributed by atoms with Crippen LogP contribution in [0.15, 0.2) is 30.3 Å². The average Bonchev–Trinajstić information content (AvgIpc) is 2.60. The fourth-order valence-electron chi connectivity index (χ4n) is 2.01. The van der Waals surface area contributed by atoms with Crippen molar-refractivity contribution in [3.05, 3.63) is 53.3 Å². The van der Waals surface area contributed by atoms with Crippen LogP contribution in [0.1, 0.15) is 5.56 Å². The fraction of sp³-hybridized carbons (Fsp3) is 0.235. The van der Waals surface area contributed by atoms with Crippen LogP contribution in [0.2, 0.25) is 0 Å². The number of hydrogen-bond donors (Lipinski definition) is 2. The third-order valence-electron chi connectivity index (χ3n) is 3.25. The van der Waals surface area contributed by atoms with E-state index >= 15 is 0 Å². The zero-order valence-electron chi connectivity index (χ0n) is 13.7. The van der Waals surface area contributed by atoms with Crippen molar-refractivity contribution in [3.8, 4) is 11.5 Å². The number of carbonyl (C=O) groups excluding carboxylic acids is 1. The topological polar surface area (TPSA) is 59.6 Å². The highest BCUT2D eigenvalue weighted by Gasteiger charge is 2.15. The number of anilines is 1. The van der Waals surface area contributed by atoms with Crippen molar-refractivity contribution in [2.24, 2.45) is 0 Å². The zero-order chi connectivity index (χ0) is 18.4. The molecule has 25 heavy (non-hydrogen) atoms. The highest BCUT2D eigenvalue weighted by atomic mass is 19.2. The summed E-state index contributed by atoms with van der Waals surface area (Å²) < 4.78 is 50.0. The molecule has 0 aliphatic heterocycles. The Morgan fingerprint density at radius 2 is 1.84 bits per heavy atom. The standard InChI is InChI=1S/C17H17F3N2O3/c1-10-3-6-13(14(9-10)24-2)25-8-7-21-17(23)22-12-5-4-11(18)15(19)16(12)20/h3-6,9H,7-8H2,1-2H3,(H2,21,22,23). The maximum Gasteiger partial charge on any atom is 0.319 e. The maximum absolute atomic E-state index is 13.5. The number of hydrogen-bond acceptors (Lipinski definition) is 3. The number of benzene rings is 2. The second kappa shape index (κ2) is 8.27. The highest BCUT2D eigenvalue weighted by Crippen LogP contribution is 2.27. The van der Waals surface area contributed by atoms with Gasteiger partial charge in [0.15, 0.2) is 29.0 Å². The summed E-state index contributed by atoms with van der Waals surface area (Å²) in [4.78, 5) is 11.7. The Kier molecular flexibility index (Phi) is 6.10. The molecule has 0 fully saturated rings. The summed E-state index contributed by atoms with van der Waals surface area (Å²) in [7, 11) is 1.52. The van der Waals surface area contributed by atoms with E-state index in [1.54, 1.807) is 12.1 Å². The third-order valence-corrected chi connectivity index (χ3v) is 3.25. The van der Waals surface area contributed by atoms with E-state index in [2.05, 4.69) is 10.6 Å². The predicted molar refractivity (Wildman–Crippen MR) is 86.6 cm³/mol. The lowest BCUT2D eigenvalue weighted by atomic mass is 10.2. The van der Waals surface area contributed by atoms with Crippen molar-refractivity contribution in [1.82, 2.24) is 5.32 Å². The average molecular weight is 354 g/mol. The van der Waals surface area contributed by atoms with Gasteiger partial charge in [-0.3, -0.25) is 0 Å². The Morgan fingerprint density at radius 1 is 1.08 bits per heavy atom. The van der Waals surface area contributed by atoms with Gasteiger partial charge >= 0.3 is 6.03 Å². The number of rotatable bonds is 6. The predicted octanol–water partition coefficient (Wildman–Crippen LogP) is 3.62. The molecule has 0 heterocycles. The summed E-state index contributed by atoms with van der Waals surface area (Å²) in [6, 6.07) is 6.28. The minimum Gasteiger partial charge on any atom is -0.493 e. The van der Waals surface area contributed by atoms with Crippen molar-refractivity contribution in [2.45, 2.75) is 6.92 Å². The van der Waals surface area contributed by atoms with E-state index < -0.39 is 29.2 Å². The summed E-state index contributed by atoms with van der Waals surface area (Å²) in [5, 5.41) is 4.51. The van der Waals surface area contributed by atoms with Gasteiger partial charge in [0.2, 0.25) is 0 Å². The molecule has 0 saturated carbocycles. The smallest absolute Gasteiger partial charge is 0.319 e. The fourth-order valence-corrected chi connectivity index (χ4v) is 2.01.